The Morgan fingerprint density at radius 3 is 2.38 bits per heavy atom. The molecule has 0 radical (unpaired) electrons. The van der Waals surface area contributed by atoms with Crippen LogP contribution in [0.25, 0.3) is 0 Å². The van der Waals surface area contributed by atoms with E-state index in [0.29, 0.717) is 0 Å². The van der Waals surface area contributed by atoms with Gasteiger partial charge in [0, 0.05) is 47.5 Å². The predicted molar refractivity (Wildman–Crippen MR) is 55.1 cm³/mol. The Morgan fingerprint density at radius 2 is 1.92 bits per heavy atom. The number of rotatable bonds is 2. The third-order valence-corrected chi connectivity index (χ3v) is 4.43. The monoisotopic (exact) mass is 202 g/mol. The molecule has 4 heteroatoms. The van der Waals surface area contributed by atoms with Crippen LogP contribution >= 0.6 is 0 Å². The maximum absolute atomic E-state index is 11.1. The van der Waals surface area contributed by atoms with E-state index < -0.39 is 10.8 Å². The number of nitrogens with two attached hydrogens (primary N) is 1. The highest BCUT2D eigenvalue weighted by Gasteiger charge is 2.34. The van der Waals surface area contributed by atoms with Crippen molar-refractivity contribution >= 4 is 10.8 Å². The molecule has 1 saturated carbocycles. The van der Waals surface area contributed by atoms with Gasteiger partial charge in [0.2, 0.25) is 0 Å². The fraction of sp³-hybridized carbons (Fsp3) is 1.00. The lowest BCUT2D eigenvalue weighted by atomic mass is 9.77. The van der Waals surface area contributed by atoms with Gasteiger partial charge in [0.05, 0.1) is 0 Å². The molecule has 0 aromatic carbocycles. The van der Waals surface area contributed by atoms with Crippen molar-refractivity contribution in [3.05, 3.63) is 0 Å². The van der Waals surface area contributed by atoms with Gasteiger partial charge in [-0.1, -0.05) is 0 Å². The van der Waals surface area contributed by atoms with E-state index in [2.05, 4.69) is 4.90 Å². The minimum absolute atomic E-state index is 0.0961. The second-order valence-electron chi connectivity index (χ2n) is 4.34. The molecule has 2 aliphatic rings. The molecule has 1 heterocycles. The standard InChI is InChI=1S/C9H18N2OS/c10-9(2-1-3-9)8-11-4-6-13(12)7-5-11/h1-8,10H2. The first-order valence-electron chi connectivity index (χ1n) is 5.04. The molecule has 2 rings (SSSR count). The fourth-order valence-electron chi connectivity index (χ4n) is 2.07. The summed E-state index contributed by atoms with van der Waals surface area (Å²) in [5.74, 6) is 1.69. The summed E-state index contributed by atoms with van der Waals surface area (Å²) >= 11 is 0. The summed E-state index contributed by atoms with van der Waals surface area (Å²) < 4.78 is 11.1. The van der Waals surface area contributed by atoms with E-state index in [1.54, 1.807) is 0 Å². The van der Waals surface area contributed by atoms with E-state index in [1.807, 2.05) is 0 Å². The van der Waals surface area contributed by atoms with Crippen LogP contribution in [0.5, 0.6) is 0 Å². The third-order valence-electron chi connectivity index (χ3n) is 3.16. The first-order chi connectivity index (χ1) is 6.18. The van der Waals surface area contributed by atoms with Gasteiger partial charge in [-0.3, -0.25) is 9.11 Å². The van der Waals surface area contributed by atoms with E-state index >= 15 is 0 Å². The minimum atomic E-state index is -0.556. The van der Waals surface area contributed by atoms with Crippen LogP contribution in [-0.4, -0.2) is 45.8 Å². The molecule has 0 aromatic rings. The molecule has 0 atom stereocenters. The Morgan fingerprint density at radius 1 is 1.31 bits per heavy atom. The van der Waals surface area contributed by atoms with E-state index in [0.717, 1.165) is 31.1 Å². The van der Waals surface area contributed by atoms with Gasteiger partial charge >= 0.3 is 0 Å². The van der Waals surface area contributed by atoms with Gasteiger partial charge in [-0.25, -0.2) is 0 Å². The Hall–Kier alpha value is 0.0700. The van der Waals surface area contributed by atoms with E-state index in [-0.39, 0.29) is 5.54 Å². The lowest BCUT2D eigenvalue weighted by Gasteiger charge is -2.42. The molecule has 2 fully saturated rings. The van der Waals surface area contributed by atoms with Crippen LogP contribution in [0, 0.1) is 0 Å². The molecule has 0 bridgehead atoms. The summed E-state index contributed by atoms with van der Waals surface area (Å²) in [6, 6.07) is 0. The Kier molecular flexibility index (Phi) is 2.72. The van der Waals surface area contributed by atoms with Crippen molar-refractivity contribution < 1.29 is 4.21 Å². The number of nitrogens with zero attached hydrogens (tertiary/aromatic N) is 1. The van der Waals surface area contributed by atoms with Crippen LogP contribution in [0.2, 0.25) is 0 Å². The van der Waals surface area contributed by atoms with Gasteiger partial charge in [0.25, 0.3) is 0 Å². The minimum Gasteiger partial charge on any atom is -0.324 e. The third kappa shape index (κ3) is 2.30. The normalized spacial score (nSPS) is 29.9. The first kappa shape index (κ1) is 9.62. The SMILES string of the molecule is NC1(CN2CCS(=O)CC2)CCC1. The molecule has 0 unspecified atom stereocenters. The topological polar surface area (TPSA) is 46.3 Å². The molecule has 0 spiro atoms. The van der Waals surface area contributed by atoms with Crippen molar-refractivity contribution in [2.75, 3.05) is 31.1 Å². The smallest absolute Gasteiger partial charge is 0.0363 e. The molecule has 1 aliphatic heterocycles. The van der Waals surface area contributed by atoms with E-state index in [9.17, 15) is 4.21 Å². The zero-order valence-corrected chi connectivity index (χ0v) is 8.81. The maximum Gasteiger partial charge on any atom is 0.0363 e. The van der Waals surface area contributed by atoms with Crippen LogP contribution in [0.4, 0.5) is 0 Å². The van der Waals surface area contributed by atoms with Gasteiger partial charge in [0.15, 0.2) is 0 Å². The zero-order valence-electron chi connectivity index (χ0n) is 8.00. The Balaban J connectivity index is 1.78. The summed E-state index contributed by atoms with van der Waals surface area (Å²) in [6.45, 7) is 2.97. The summed E-state index contributed by atoms with van der Waals surface area (Å²) in [6.07, 6.45) is 3.63. The molecule has 2 N–H and O–H groups in total. The van der Waals surface area contributed by atoms with Crippen LogP contribution in [0.15, 0.2) is 0 Å². The van der Waals surface area contributed by atoms with Crippen LogP contribution in [0.3, 0.4) is 0 Å². The van der Waals surface area contributed by atoms with E-state index in [1.165, 1.54) is 19.3 Å². The summed E-state index contributed by atoms with van der Waals surface area (Å²) in [4.78, 5) is 2.38. The van der Waals surface area contributed by atoms with Crippen LogP contribution < -0.4 is 5.73 Å². The van der Waals surface area contributed by atoms with Gasteiger partial charge in [0.1, 0.15) is 0 Å². The molecule has 0 amide bonds. The largest absolute Gasteiger partial charge is 0.324 e. The van der Waals surface area contributed by atoms with Gasteiger partial charge in [-0.05, 0) is 19.3 Å². The first-order valence-corrected chi connectivity index (χ1v) is 6.53. The second kappa shape index (κ2) is 3.67. The zero-order chi connectivity index (χ0) is 9.31. The van der Waals surface area contributed by atoms with Gasteiger partial charge < -0.3 is 5.73 Å². The molecule has 3 nitrogen and oxygen atoms in total. The van der Waals surface area contributed by atoms with Gasteiger partial charge in [-0.2, -0.15) is 0 Å². The van der Waals surface area contributed by atoms with Crippen molar-refractivity contribution in [3.63, 3.8) is 0 Å². The van der Waals surface area contributed by atoms with Crippen molar-refractivity contribution in [2.24, 2.45) is 5.73 Å². The van der Waals surface area contributed by atoms with Crippen molar-refractivity contribution in [1.29, 1.82) is 0 Å². The van der Waals surface area contributed by atoms with E-state index in [4.69, 9.17) is 5.73 Å². The van der Waals surface area contributed by atoms with Crippen LogP contribution in [-0.2, 0) is 10.8 Å². The van der Waals surface area contributed by atoms with Crippen molar-refractivity contribution in [2.45, 2.75) is 24.8 Å². The summed E-state index contributed by atoms with van der Waals surface area (Å²) in [7, 11) is -0.556. The second-order valence-corrected chi connectivity index (χ2v) is 6.04. The quantitative estimate of drug-likeness (QED) is 0.682. The summed E-state index contributed by atoms with van der Waals surface area (Å²) in [5.41, 5.74) is 6.25. The highest BCUT2D eigenvalue weighted by atomic mass is 32.2. The van der Waals surface area contributed by atoms with Gasteiger partial charge in [-0.15, -0.1) is 0 Å². The maximum atomic E-state index is 11.1. The highest BCUT2D eigenvalue weighted by Crippen LogP contribution is 2.29. The molecule has 13 heavy (non-hydrogen) atoms. The molecule has 1 saturated heterocycles. The van der Waals surface area contributed by atoms with Crippen molar-refractivity contribution in [3.8, 4) is 0 Å². The highest BCUT2D eigenvalue weighted by molar-refractivity contribution is 7.85. The predicted octanol–water partition coefficient (Wildman–Crippen LogP) is -0.0679. The Bertz CT molecular complexity index is 206. The Labute approximate surface area is 82.1 Å². The molecular weight excluding hydrogens is 184 g/mol. The molecule has 0 aromatic heterocycles. The summed E-state index contributed by atoms with van der Waals surface area (Å²) in [5, 5.41) is 0. The lowest BCUT2D eigenvalue weighted by Crippen LogP contribution is -2.56. The molecule has 76 valence electrons. The lowest BCUT2D eigenvalue weighted by molar-refractivity contribution is 0.153. The number of hydrogen-bond acceptors (Lipinski definition) is 3. The average molecular weight is 202 g/mol. The fourth-order valence-corrected chi connectivity index (χ4v) is 3.20. The van der Waals surface area contributed by atoms with Crippen molar-refractivity contribution in [1.82, 2.24) is 4.90 Å². The number of hydrogen-bond donors (Lipinski definition) is 1. The molecule has 1 aliphatic carbocycles. The average Bonchev–Trinajstić information content (AvgIpc) is 2.06. The van der Waals surface area contributed by atoms with Crippen LogP contribution in [0.1, 0.15) is 19.3 Å². The molecular formula is C9H18N2OS.